The van der Waals surface area contributed by atoms with Crippen LogP contribution >= 0.6 is 11.8 Å². The Hall–Kier alpha value is -3.78. The first-order valence-corrected chi connectivity index (χ1v) is 12.0. The molecule has 2 heterocycles. The molecule has 172 valence electrons. The highest BCUT2D eigenvalue weighted by Crippen LogP contribution is 2.30. The zero-order valence-electron chi connectivity index (χ0n) is 18.4. The van der Waals surface area contributed by atoms with Gasteiger partial charge in [-0.3, -0.25) is 14.5 Å². The molecule has 0 aromatic heterocycles. The molecule has 2 aliphatic heterocycles. The van der Waals surface area contributed by atoms with Crippen LogP contribution in [0.2, 0.25) is 0 Å². The standard InChI is InChI=1S/C26H23N3O4S/c30-24(29-13-12-18-6-1-3-10-22(18)29)17-34-23-11-4-2-9-21(23)25(31)27-19-7-5-8-20(16-19)28-14-15-33-26(28)32/h1-11,16H,12-15,17H2,(H,27,31). The molecule has 34 heavy (non-hydrogen) atoms. The number of thioether (sulfide) groups is 1. The Labute approximate surface area is 201 Å². The number of para-hydroxylation sites is 1. The van der Waals surface area contributed by atoms with Crippen LogP contribution in [0.15, 0.2) is 77.7 Å². The molecule has 0 atom stereocenters. The van der Waals surface area contributed by atoms with Gasteiger partial charge in [0.1, 0.15) is 6.61 Å². The van der Waals surface area contributed by atoms with Crippen LogP contribution in [0.4, 0.5) is 21.9 Å². The Kier molecular flexibility index (Phi) is 6.22. The summed E-state index contributed by atoms with van der Waals surface area (Å²) in [5.41, 5.74) is 3.89. The predicted octanol–water partition coefficient (Wildman–Crippen LogP) is 4.58. The minimum Gasteiger partial charge on any atom is -0.447 e. The van der Waals surface area contributed by atoms with Crippen molar-refractivity contribution >= 4 is 46.7 Å². The largest absolute Gasteiger partial charge is 0.447 e. The number of carbonyl (C=O) groups is 3. The van der Waals surface area contributed by atoms with Crippen molar-refractivity contribution in [1.29, 1.82) is 0 Å². The van der Waals surface area contributed by atoms with Crippen molar-refractivity contribution in [2.75, 3.05) is 40.6 Å². The summed E-state index contributed by atoms with van der Waals surface area (Å²) >= 11 is 1.36. The molecule has 3 aromatic carbocycles. The van der Waals surface area contributed by atoms with Crippen molar-refractivity contribution < 1.29 is 19.1 Å². The van der Waals surface area contributed by atoms with E-state index in [2.05, 4.69) is 11.4 Å². The molecule has 1 fully saturated rings. The normalized spacial score (nSPS) is 14.6. The van der Waals surface area contributed by atoms with Crippen LogP contribution in [0.1, 0.15) is 15.9 Å². The van der Waals surface area contributed by atoms with E-state index in [4.69, 9.17) is 4.74 Å². The summed E-state index contributed by atoms with van der Waals surface area (Å²) in [7, 11) is 0. The van der Waals surface area contributed by atoms with Gasteiger partial charge in [0.2, 0.25) is 5.91 Å². The maximum absolute atomic E-state index is 13.1. The zero-order chi connectivity index (χ0) is 23.5. The summed E-state index contributed by atoms with van der Waals surface area (Å²) in [6.45, 7) is 1.51. The second-order valence-electron chi connectivity index (χ2n) is 7.98. The SMILES string of the molecule is O=C(Nc1cccc(N2CCOC2=O)c1)c1ccccc1SCC(=O)N1CCc2ccccc21. The maximum Gasteiger partial charge on any atom is 0.414 e. The molecule has 5 rings (SSSR count). The van der Waals surface area contributed by atoms with Crippen LogP contribution in [0.3, 0.4) is 0 Å². The summed E-state index contributed by atoms with van der Waals surface area (Å²) in [5, 5.41) is 2.91. The van der Waals surface area contributed by atoms with Gasteiger partial charge in [-0.1, -0.05) is 36.4 Å². The zero-order valence-corrected chi connectivity index (χ0v) is 19.2. The molecule has 0 aliphatic carbocycles. The molecule has 2 aliphatic rings. The van der Waals surface area contributed by atoms with Gasteiger partial charge in [-0.05, 0) is 48.4 Å². The summed E-state index contributed by atoms with van der Waals surface area (Å²) in [6, 6.07) is 22.3. The van der Waals surface area contributed by atoms with Crippen molar-refractivity contribution in [2.45, 2.75) is 11.3 Å². The smallest absolute Gasteiger partial charge is 0.414 e. The molecule has 1 N–H and O–H groups in total. The van der Waals surface area contributed by atoms with E-state index in [1.54, 1.807) is 36.4 Å². The second kappa shape index (κ2) is 9.61. The first-order chi connectivity index (χ1) is 16.6. The molecule has 0 saturated carbocycles. The van der Waals surface area contributed by atoms with Gasteiger partial charge in [-0.25, -0.2) is 4.79 Å². The topological polar surface area (TPSA) is 79.0 Å². The quantitative estimate of drug-likeness (QED) is 0.531. The highest BCUT2D eigenvalue weighted by Gasteiger charge is 2.25. The number of cyclic esters (lactones) is 1. The molecule has 0 unspecified atom stereocenters. The Morgan fingerprint density at radius 2 is 1.79 bits per heavy atom. The molecule has 3 aromatic rings. The van der Waals surface area contributed by atoms with E-state index in [1.165, 1.54) is 22.2 Å². The van der Waals surface area contributed by atoms with Crippen LogP contribution in [0, 0.1) is 0 Å². The monoisotopic (exact) mass is 473 g/mol. The fourth-order valence-electron chi connectivity index (χ4n) is 4.17. The lowest BCUT2D eigenvalue weighted by atomic mass is 10.2. The number of hydrogen-bond acceptors (Lipinski definition) is 5. The van der Waals surface area contributed by atoms with Gasteiger partial charge in [-0.15, -0.1) is 11.8 Å². The van der Waals surface area contributed by atoms with Crippen LogP contribution in [-0.2, 0) is 16.0 Å². The number of amides is 3. The fraction of sp³-hybridized carbons (Fsp3) is 0.192. The summed E-state index contributed by atoms with van der Waals surface area (Å²) in [4.78, 5) is 41.9. The number of rotatable bonds is 6. The molecule has 3 amide bonds. The van der Waals surface area contributed by atoms with Gasteiger partial charge in [0.15, 0.2) is 0 Å². The number of nitrogens with zero attached hydrogens (tertiary/aromatic N) is 2. The van der Waals surface area contributed by atoms with Crippen LogP contribution in [0.25, 0.3) is 0 Å². The molecule has 1 saturated heterocycles. The lowest BCUT2D eigenvalue weighted by Gasteiger charge is -2.17. The van der Waals surface area contributed by atoms with E-state index in [-0.39, 0.29) is 17.6 Å². The molecular formula is C26H23N3O4S. The number of hydrogen-bond donors (Lipinski definition) is 1. The third kappa shape index (κ3) is 4.49. The molecule has 8 heteroatoms. The van der Waals surface area contributed by atoms with Gasteiger partial charge in [0, 0.05) is 28.5 Å². The van der Waals surface area contributed by atoms with Gasteiger partial charge >= 0.3 is 6.09 Å². The highest BCUT2D eigenvalue weighted by molar-refractivity contribution is 8.00. The fourth-order valence-corrected chi connectivity index (χ4v) is 5.10. The van der Waals surface area contributed by atoms with Gasteiger partial charge in [0.25, 0.3) is 5.91 Å². The molecule has 0 radical (unpaired) electrons. The average Bonchev–Trinajstić information content (AvgIpc) is 3.49. The number of benzene rings is 3. The minimum absolute atomic E-state index is 0.0235. The lowest BCUT2D eigenvalue weighted by molar-refractivity contribution is -0.116. The summed E-state index contributed by atoms with van der Waals surface area (Å²) in [5.74, 6) is -0.0101. The highest BCUT2D eigenvalue weighted by atomic mass is 32.2. The average molecular weight is 474 g/mol. The van der Waals surface area contributed by atoms with Gasteiger partial charge in [0.05, 0.1) is 17.9 Å². The summed E-state index contributed by atoms with van der Waals surface area (Å²) < 4.78 is 4.99. The van der Waals surface area contributed by atoms with Gasteiger partial charge < -0.3 is 15.0 Å². The van der Waals surface area contributed by atoms with Crippen LogP contribution in [0.5, 0.6) is 0 Å². The molecule has 0 spiro atoms. The Balaban J connectivity index is 1.26. The lowest BCUT2D eigenvalue weighted by Crippen LogP contribution is -2.30. The third-order valence-corrected chi connectivity index (χ3v) is 6.91. The second-order valence-corrected chi connectivity index (χ2v) is 9.00. The number of anilines is 3. The molecular weight excluding hydrogens is 450 g/mol. The first-order valence-electron chi connectivity index (χ1n) is 11.1. The maximum atomic E-state index is 13.1. The van der Waals surface area contributed by atoms with Crippen molar-refractivity contribution in [3.8, 4) is 0 Å². The van der Waals surface area contributed by atoms with Crippen LogP contribution < -0.4 is 15.1 Å². The van der Waals surface area contributed by atoms with E-state index < -0.39 is 6.09 Å². The van der Waals surface area contributed by atoms with E-state index in [1.807, 2.05) is 35.2 Å². The minimum atomic E-state index is -0.393. The van der Waals surface area contributed by atoms with E-state index in [0.717, 1.165) is 17.0 Å². The number of ether oxygens (including phenoxy) is 1. The number of nitrogens with one attached hydrogen (secondary N) is 1. The van der Waals surface area contributed by atoms with Gasteiger partial charge in [-0.2, -0.15) is 0 Å². The van der Waals surface area contributed by atoms with E-state index in [0.29, 0.717) is 36.6 Å². The Bertz CT molecular complexity index is 1260. The first kappa shape index (κ1) is 22.0. The van der Waals surface area contributed by atoms with Crippen LogP contribution in [-0.4, -0.2) is 43.4 Å². The molecule has 7 nitrogen and oxygen atoms in total. The van der Waals surface area contributed by atoms with Crippen molar-refractivity contribution in [3.05, 3.63) is 83.9 Å². The van der Waals surface area contributed by atoms with E-state index in [9.17, 15) is 14.4 Å². The predicted molar refractivity (Wildman–Crippen MR) is 133 cm³/mol. The Morgan fingerprint density at radius 1 is 0.971 bits per heavy atom. The summed E-state index contributed by atoms with van der Waals surface area (Å²) in [6.07, 6.45) is 0.468. The van der Waals surface area contributed by atoms with Crippen molar-refractivity contribution in [3.63, 3.8) is 0 Å². The Morgan fingerprint density at radius 3 is 2.65 bits per heavy atom. The third-order valence-electron chi connectivity index (χ3n) is 5.85. The van der Waals surface area contributed by atoms with Crippen molar-refractivity contribution in [2.24, 2.45) is 0 Å². The van der Waals surface area contributed by atoms with E-state index >= 15 is 0 Å². The number of fused-ring (bicyclic) bond motifs is 1. The van der Waals surface area contributed by atoms with Crippen molar-refractivity contribution in [1.82, 2.24) is 0 Å². The number of carbonyl (C=O) groups excluding carboxylic acids is 3. The molecule has 0 bridgehead atoms.